The number of aromatic nitrogens is 1. The monoisotopic (exact) mass is 427 g/mol. The molecule has 0 atom stereocenters. The van der Waals surface area contributed by atoms with Crippen molar-refractivity contribution in [3.63, 3.8) is 0 Å². The molecule has 0 bridgehead atoms. The number of ether oxygens (including phenoxy) is 1. The summed E-state index contributed by atoms with van der Waals surface area (Å²) in [6, 6.07) is 13.8. The molecule has 8 heteroatoms. The van der Waals surface area contributed by atoms with E-state index in [-0.39, 0.29) is 46.9 Å². The van der Waals surface area contributed by atoms with Crippen molar-refractivity contribution in [2.75, 3.05) is 0 Å². The third-order valence-electron chi connectivity index (χ3n) is 3.81. The fourth-order valence-electron chi connectivity index (χ4n) is 2.51. The normalized spacial score (nSPS) is 10.2. The number of carboxylic acids is 1. The van der Waals surface area contributed by atoms with E-state index in [1.165, 1.54) is 18.2 Å². The van der Waals surface area contributed by atoms with E-state index in [1.54, 1.807) is 36.4 Å². The summed E-state index contributed by atoms with van der Waals surface area (Å²) in [6.07, 6.45) is 0.314. The second kappa shape index (κ2) is 10.2. The Hall–Kier alpha value is -1.63. The van der Waals surface area contributed by atoms with E-state index in [9.17, 15) is 14.3 Å². The van der Waals surface area contributed by atoms with E-state index in [0.717, 1.165) is 5.56 Å². The van der Waals surface area contributed by atoms with E-state index in [0.29, 0.717) is 28.5 Å². The van der Waals surface area contributed by atoms with Gasteiger partial charge in [-0.15, -0.1) is 0 Å². The number of nitrogens with zero attached hydrogens (tertiary/aromatic N) is 1. The summed E-state index contributed by atoms with van der Waals surface area (Å²) in [6.45, 7) is 0.139. The fourth-order valence-corrected chi connectivity index (χ4v) is 2.92. The molecule has 0 saturated carbocycles. The summed E-state index contributed by atoms with van der Waals surface area (Å²) >= 11 is 12.1. The first-order valence-electron chi connectivity index (χ1n) is 7.95. The Kier molecular flexibility index (Phi) is 8.28. The van der Waals surface area contributed by atoms with Crippen molar-refractivity contribution in [1.29, 1.82) is 0 Å². The number of carbonyl (C=O) groups is 1. The van der Waals surface area contributed by atoms with Crippen molar-refractivity contribution in [2.24, 2.45) is 0 Å². The van der Waals surface area contributed by atoms with Gasteiger partial charge in [0.25, 0.3) is 0 Å². The number of benzene rings is 2. The standard InChI is InChI=1S/C20H14Cl2FNO3.Na/c21-14-5-7-19(27-11-12-4-6-15(23)10-17(12)22)13(8-14)9-16-2-1-3-18(24-16)20(25)26;/h1-8,10H,9,11H2,(H,25,26);/q;+1/p-1. The van der Waals surface area contributed by atoms with Gasteiger partial charge in [-0.3, -0.25) is 4.98 Å². The first kappa shape index (κ1) is 22.7. The molecule has 0 N–H and O–H groups in total. The van der Waals surface area contributed by atoms with Crippen LogP contribution in [-0.2, 0) is 13.0 Å². The molecule has 0 aliphatic heterocycles. The molecular weight excluding hydrogens is 415 g/mol. The first-order valence-corrected chi connectivity index (χ1v) is 8.70. The van der Waals surface area contributed by atoms with Crippen LogP contribution in [0.25, 0.3) is 0 Å². The van der Waals surface area contributed by atoms with Gasteiger partial charge in [-0.05, 0) is 42.5 Å². The van der Waals surface area contributed by atoms with Crippen LogP contribution in [0.2, 0.25) is 10.0 Å². The van der Waals surface area contributed by atoms with Crippen LogP contribution in [0, 0.1) is 5.82 Å². The minimum Gasteiger partial charge on any atom is -0.543 e. The van der Waals surface area contributed by atoms with Gasteiger partial charge in [0, 0.05) is 28.3 Å². The number of carbonyl (C=O) groups excluding carboxylic acids is 1. The van der Waals surface area contributed by atoms with Crippen LogP contribution in [0.15, 0.2) is 54.6 Å². The third kappa shape index (κ3) is 5.93. The maximum atomic E-state index is 13.2. The minimum atomic E-state index is -1.34. The molecule has 1 aromatic heterocycles. The Balaban J connectivity index is 0.00000280. The Morgan fingerprint density at radius 1 is 1.07 bits per heavy atom. The zero-order valence-corrected chi connectivity index (χ0v) is 18.4. The average Bonchev–Trinajstić information content (AvgIpc) is 2.62. The Morgan fingerprint density at radius 2 is 1.86 bits per heavy atom. The average molecular weight is 428 g/mol. The molecule has 0 spiro atoms. The summed E-state index contributed by atoms with van der Waals surface area (Å²) in [5.74, 6) is -1.22. The predicted octanol–water partition coefficient (Wildman–Crippen LogP) is 1.06. The summed E-state index contributed by atoms with van der Waals surface area (Å²) in [5, 5.41) is 11.8. The number of rotatable bonds is 6. The summed E-state index contributed by atoms with van der Waals surface area (Å²) in [7, 11) is 0. The van der Waals surface area contributed by atoms with E-state index in [1.807, 2.05) is 0 Å². The van der Waals surface area contributed by atoms with E-state index in [4.69, 9.17) is 27.9 Å². The Bertz CT molecular complexity index is 1000. The van der Waals surface area contributed by atoms with Gasteiger partial charge in [0.1, 0.15) is 18.2 Å². The van der Waals surface area contributed by atoms with Crippen LogP contribution in [0.5, 0.6) is 5.75 Å². The number of hydrogen-bond acceptors (Lipinski definition) is 4. The molecule has 0 fully saturated rings. The zero-order valence-electron chi connectivity index (χ0n) is 14.9. The van der Waals surface area contributed by atoms with Gasteiger partial charge >= 0.3 is 29.6 Å². The summed E-state index contributed by atoms with van der Waals surface area (Å²) in [5.41, 5.74) is 1.75. The topological polar surface area (TPSA) is 62.2 Å². The van der Waals surface area contributed by atoms with Gasteiger partial charge in [-0.2, -0.15) is 0 Å². The summed E-state index contributed by atoms with van der Waals surface area (Å²) in [4.78, 5) is 15.0. The molecule has 0 unspecified atom stereocenters. The van der Waals surface area contributed by atoms with Crippen LogP contribution >= 0.6 is 23.2 Å². The molecule has 0 amide bonds. The molecular formula is C20H13Cl2FNNaO3. The molecule has 4 nitrogen and oxygen atoms in total. The van der Waals surface area contributed by atoms with E-state index in [2.05, 4.69) is 4.98 Å². The molecule has 0 aliphatic rings. The molecule has 1 heterocycles. The molecule has 3 aromatic rings. The molecule has 2 aromatic carbocycles. The maximum absolute atomic E-state index is 13.2. The number of aromatic carboxylic acids is 1. The quantitative estimate of drug-likeness (QED) is 0.552. The molecule has 28 heavy (non-hydrogen) atoms. The molecule has 3 rings (SSSR count). The van der Waals surface area contributed by atoms with Crippen molar-refractivity contribution in [2.45, 2.75) is 13.0 Å². The largest absolute Gasteiger partial charge is 1.00 e. The fraction of sp³-hybridized carbons (Fsp3) is 0.100. The Labute approximate surface area is 193 Å². The SMILES string of the molecule is O=C([O-])c1cccc(Cc2cc(Cl)ccc2OCc2ccc(F)cc2Cl)n1.[Na+]. The van der Waals surface area contributed by atoms with Crippen LogP contribution in [0.1, 0.15) is 27.3 Å². The van der Waals surface area contributed by atoms with Crippen molar-refractivity contribution >= 4 is 29.2 Å². The zero-order chi connectivity index (χ0) is 19.4. The van der Waals surface area contributed by atoms with Gasteiger partial charge in [-0.1, -0.05) is 35.3 Å². The molecule has 0 radical (unpaired) electrons. The van der Waals surface area contributed by atoms with Gasteiger partial charge in [-0.25, -0.2) is 4.39 Å². The van der Waals surface area contributed by atoms with Crippen molar-refractivity contribution in [3.8, 4) is 5.75 Å². The second-order valence-corrected chi connectivity index (χ2v) is 6.60. The van der Waals surface area contributed by atoms with Gasteiger partial charge in [0.2, 0.25) is 0 Å². The van der Waals surface area contributed by atoms with Crippen LogP contribution in [0.4, 0.5) is 4.39 Å². The predicted molar refractivity (Wildman–Crippen MR) is 98.6 cm³/mol. The number of halogens is 3. The van der Waals surface area contributed by atoms with Crippen molar-refractivity contribution in [1.82, 2.24) is 4.98 Å². The number of pyridine rings is 1. The van der Waals surface area contributed by atoms with Crippen LogP contribution in [0.3, 0.4) is 0 Å². The molecule has 0 aliphatic carbocycles. The van der Waals surface area contributed by atoms with Crippen LogP contribution in [-0.4, -0.2) is 11.0 Å². The third-order valence-corrected chi connectivity index (χ3v) is 4.40. The van der Waals surface area contributed by atoms with Crippen LogP contribution < -0.4 is 39.4 Å². The van der Waals surface area contributed by atoms with Crippen molar-refractivity contribution < 1.29 is 48.6 Å². The molecule has 0 saturated heterocycles. The summed E-state index contributed by atoms with van der Waals surface area (Å²) < 4.78 is 19.0. The van der Waals surface area contributed by atoms with Gasteiger partial charge in [0.15, 0.2) is 0 Å². The number of hydrogen-bond donors (Lipinski definition) is 0. The first-order chi connectivity index (χ1) is 12.9. The van der Waals surface area contributed by atoms with E-state index >= 15 is 0 Å². The smallest absolute Gasteiger partial charge is 0.543 e. The number of carboxylic acid groups (broad SMARTS) is 1. The van der Waals surface area contributed by atoms with E-state index < -0.39 is 11.8 Å². The molecule has 138 valence electrons. The van der Waals surface area contributed by atoms with Crippen molar-refractivity contribution in [3.05, 3.63) is 93.0 Å². The minimum absolute atomic E-state index is 0. The van der Waals surface area contributed by atoms with Gasteiger partial charge in [0.05, 0.1) is 16.7 Å². The second-order valence-electron chi connectivity index (χ2n) is 5.75. The Morgan fingerprint density at radius 3 is 2.57 bits per heavy atom. The maximum Gasteiger partial charge on any atom is 1.00 e. The van der Waals surface area contributed by atoms with Gasteiger partial charge < -0.3 is 14.6 Å².